The minimum absolute atomic E-state index is 0.0313. The van der Waals surface area contributed by atoms with Crippen LogP contribution < -0.4 is 5.32 Å². The molecule has 7 heteroatoms. The number of carboxylic acids is 1. The van der Waals surface area contributed by atoms with Gasteiger partial charge >= 0.3 is 12.0 Å². The molecule has 7 nitrogen and oxygen atoms in total. The van der Waals surface area contributed by atoms with E-state index in [0.29, 0.717) is 5.69 Å². The average molecular weight is 295 g/mol. The molecule has 21 heavy (non-hydrogen) atoms. The van der Waals surface area contributed by atoms with Gasteiger partial charge in [-0.15, -0.1) is 0 Å². The fourth-order valence-electron chi connectivity index (χ4n) is 2.82. The van der Waals surface area contributed by atoms with E-state index in [1.54, 1.807) is 17.9 Å². The van der Waals surface area contributed by atoms with Gasteiger partial charge in [0, 0.05) is 18.3 Å². The number of hydrogen-bond donors (Lipinski definition) is 4. The summed E-state index contributed by atoms with van der Waals surface area (Å²) >= 11 is 0. The van der Waals surface area contributed by atoms with Gasteiger partial charge in [-0.1, -0.05) is 12.8 Å². The summed E-state index contributed by atoms with van der Waals surface area (Å²) in [6.45, 7) is 1.87. The molecule has 0 bridgehead atoms. The van der Waals surface area contributed by atoms with E-state index < -0.39 is 5.97 Å². The third kappa shape index (κ3) is 3.55. The fraction of sp³-hybridized carbons (Fsp3) is 0.571. The van der Waals surface area contributed by atoms with Gasteiger partial charge in [0.1, 0.15) is 5.69 Å². The number of carbonyl (C=O) groups is 2. The molecule has 4 N–H and O–H groups in total. The summed E-state index contributed by atoms with van der Waals surface area (Å²) in [5, 5.41) is 20.9. The van der Waals surface area contributed by atoms with Crippen molar-refractivity contribution in [3.63, 3.8) is 0 Å². The first-order valence-electron chi connectivity index (χ1n) is 7.14. The number of aliphatic hydroxyl groups is 1. The number of aromatic carboxylic acids is 1. The highest BCUT2D eigenvalue weighted by atomic mass is 16.4. The quantitative estimate of drug-likeness (QED) is 0.664. The SMILES string of the molecule is Cc1cc(NC(=O)N(CCO)C2CCCC2)c(C(=O)O)[nH]1. The number of nitrogens with one attached hydrogen (secondary N) is 2. The number of anilines is 1. The summed E-state index contributed by atoms with van der Waals surface area (Å²) in [4.78, 5) is 27.8. The minimum atomic E-state index is -1.12. The predicted octanol–water partition coefficient (Wildman–Crippen LogP) is 1.79. The van der Waals surface area contributed by atoms with E-state index in [9.17, 15) is 9.59 Å². The van der Waals surface area contributed by atoms with E-state index >= 15 is 0 Å². The van der Waals surface area contributed by atoms with Gasteiger partial charge in [0.2, 0.25) is 0 Å². The van der Waals surface area contributed by atoms with Gasteiger partial charge in [-0.05, 0) is 25.8 Å². The monoisotopic (exact) mass is 295 g/mol. The van der Waals surface area contributed by atoms with Crippen LogP contribution in [0.3, 0.4) is 0 Å². The van der Waals surface area contributed by atoms with Gasteiger partial charge in [0.15, 0.2) is 0 Å². The summed E-state index contributed by atoms with van der Waals surface area (Å²) in [6.07, 6.45) is 3.99. The molecular formula is C14H21N3O4. The van der Waals surface area contributed by atoms with Crippen molar-refractivity contribution >= 4 is 17.7 Å². The Morgan fingerprint density at radius 2 is 2.10 bits per heavy atom. The Labute approximate surface area is 123 Å². The molecule has 0 spiro atoms. The van der Waals surface area contributed by atoms with E-state index in [2.05, 4.69) is 10.3 Å². The Balaban J connectivity index is 2.12. The van der Waals surface area contributed by atoms with Crippen LogP contribution in [-0.4, -0.2) is 51.3 Å². The fourth-order valence-corrected chi connectivity index (χ4v) is 2.82. The van der Waals surface area contributed by atoms with Crippen LogP contribution in [0.1, 0.15) is 41.9 Å². The highest BCUT2D eigenvalue weighted by Crippen LogP contribution is 2.25. The Bertz CT molecular complexity index is 520. The van der Waals surface area contributed by atoms with Crippen molar-refractivity contribution in [2.45, 2.75) is 38.6 Å². The first-order chi connectivity index (χ1) is 10.0. The molecule has 1 aliphatic carbocycles. The van der Waals surface area contributed by atoms with Crippen LogP contribution in [0.2, 0.25) is 0 Å². The van der Waals surface area contributed by atoms with E-state index in [-0.39, 0.29) is 36.6 Å². The smallest absolute Gasteiger partial charge is 0.354 e. The van der Waals surface area contributed by atoms with Crippen LogP contribution in [0, 0.1) is 6.92 Å². The Hall–Kier alpha value is -2.02. The number of carbonyl (C=O) groups excluding carboxylic acids is 1. The first kappa shape index (κ1) is 15.4. The minimum Gasteiger partial charge on any atom is -0.477 e. The van der Waals surface area contributed by atoms with Crippen LogP contribution in [0.4, 0.5) is 10.5 Å². The zero-order chi connectivity index (χ0) is 15.4. The van der Waals surface area contributed by atoms with Gasteiger partial charge in [0.05, 0.1) is 12.3 Å². The number of urea groups is 1. The van der Waals surface area contributed by atoms with Crippen LogP contribution >= 0.6 is 0 Å². The normalized spacial score (nSPS) is 15.1. The van der Waals surface area contributed by atoms with Crippen LogP contribution in [-0.2, 0) is 0 Å². The van der Waals surface area contributed by atoms with Crippen molar-refractivity contribution < 1.29 is 19.8 Å². The summed E-state index contributed by atoms with van der Waals surface area (Å²) in [6, 6.07) is 1.34. The van der Waals surface area contributed by atoms with Crippen molar-refractivity contribution in [3.8, 4) is 0 Å². The van der Waals surface area contributed by atoms with Gasteiger partial charge < -0.3 is 25.4 Å². The molecule has 0 radical (unpaired) electrons. The van der Waals surface area contributed by atoms with Gasteiger partial charge in [-0.2, -0.15) is 0 Å². The zero-order valence-electron chi connectivity index (χ0n) is 12.1. The number of amides is 2. The van der Waals surface area contributed by atoms with Crippen LogP contribution in [0.15, 0.2) is 6.07 Å². The Kier molecular flexibility index (Phi) is 4.85. The lowest BCUT2D eigenvalue weighted by Crippen LogP contribution is -2.43. The lowest BCUT2D eigenvalue weighted by atomic mass is 10.2. The zero-order valence-corrected chi connectivity index (χ0v) is 12.1. The number of hydrogen-bond acceptors (Lipinski definition) is 3. The van der Waals surface area contributed by atoms with Crippen LogP contribution in [0.25, 0.3) is 0 Å². The Morgan fingerprint density at radius 3 is 2.67 bits per heavy atom. The number of carboxylic acid groups (broad SMARTS) is 1. The van der Waals surface area contributed by atoms with Crippen molar-refractivity contribution in [1.82, 2.24) is 9.88 Å². The lowest BCUT2D eigenvalue weighted by molar-refractivity contribution is 0.0692. The van der Waals surface area contributed by atoms with Gasteiger partial charge in [-0.3, -0.25) is 0 Å². The molecule has 0 atom stereocenters. The maximum absolute atomic E-state index is 12.4. The number of aliphatic hydroxyl groups excluding tert-OH is 1. The number of H-pyrrole nitrogens is 1. The first-order valence-corrected chi connectivity index (χ1v) is 7.14. The lowest BCUT2D eigenvalue weighted by Gasteiger charge is -2.28. The topological polar surface area (TPSA) is 106 Å². The molecule has 1 aliphatic rings. The highest BCUT2D eigenvalue weighted by molar-refractivity contribution is 5.99. The second-order valence-electron chi connectivity index (χ2n) is 5.33. The van der Waals surface area contributed by atoms with Crippen molar-refractivity contribution in [2.75, 3.05) is 18.5 Å². The van der Waals surface area contributed by atoms with E-state index in [0.717, 1.165) is 25.7 Å². The number of aromatic nitrogens is 1. The van der Waals surface area contributed by atoms with E-state index in [4.69, 9.17) is 10.2 Å². The molecule has 116 valence electrons. The molecular weight excluding hydrogens is 274 g/mol. The average Bonchev–Trinajstić information content (AvgIpc) is 3.05. The second kappa shape index (κ2) is 6.62. The van der Waals surface area contributed by atoms with Crippen molar-refractivity contribution in [2.24, 2.45) is 0 Å². The van der Waals surface area contributed by atoms with E-state index in [1.807, 2.05) is 0 Å². The predicted molar refractivity (Wildman–Crippen MR) is 77.6 cm³/mol. The molecule has 1 aromatic heterocycles. The molecule has 1 aromatic rings. The third-order valence-electron chi connectivity index (χ3n) is 3.78. The summed E-state index contributed by atoms with van der Waals surface area (Å²) in [5.41, 5.74) is 0.888. The third-order valence-corrected chi connectivity index (χ3v) is 3.78. The van der Waals surface area contributed by atoms with E-state index in [1.165, 1.54) is 0 Å². The molecule has 0 saturated heterocycles. The van der Waals surface area contributed by atoms with Crippen molar-refractivity contribution in [1.29, 1.82) is 0 Å². The van der Waals surface area contributed by atoms with Gasteiger partial charge in [-0.25, -0.2) is 9.59 Å². The summed E-state index contributed by atoms with van der Waals surface area (Å²) < 4.78 is 0. The van der Waals surface area contributed by atoms with Gasteiger partial charge in [0.25, 0.3) is 0 Å². The standard InChI is InChI=1S/C14H21N3O4/c1-9-8-11(12(15-9)13(19)20)16-14(21)17(6-7-18)10-4-2-3-5-10/h8,10,15,18H,2-7H2,1H3,(H,16,21)(H,19,20). The molecule has 0 aliphatic heterocycles. The maximum atomic E-state index is 12.4. The largest absolute Gasteiger partial charge is 0.477 e. The molecule has 0 aromatic carbocycles. The number of rotatable bonds is 5. The molecule has 1 fully saturated rings. The van der Waals surface area contributed by atoms with Crippen LogP contribution in [0.5, 0.6) is 0 Å². The maximum Gasteiger partial charge on any atom is 0.354 e. The van der Waals surface area contributed by atoms with Crippen molar-refractivity contribution in [3.05, 3.63) is 17.5 Å². The second-order valence-corrected chi connectivity index (χ2v) is 5.33. The Morgan fingerprint density at radius 1 is 1.43 bits per heavy atom. The summed E-state index contributed by atoms with van der Waals surface area (Å²) in [5.74, 6) is -1.12. The molecule has 1 saturated carbocycles. The highest BCUT2D eigenvalue weighted by Gasteiger charge is 2.27. The number of aromatic amines is 1. The number of aryl methyl sites for hydroxylation is 1. The molecule has 0 unspecified atom stereocenters. The summed E-state index contributed by atoms with van der Waals surface area (Å²) in [7, 11) is 0. The molecule has 2 amide bonds. The number of nitrogens with zero attached hydrogens (tertiary/aromatic N) is 1. The molecule has 1 heterocycles. The molecule has 2 rings (SSSR count).